The number of carbonyl (C=O) groups is 6. The fraction of sp³-hybridized carbons (Fsp3) is 0.683. The van der Waals surface area contributed by atoms with Crippen LogP contribution in [0.25, 0.3) is 0 Å². The monoisotopic (exact) mass is 741 g/mol. The van der Waals surface area contributed by atoms with Crippen molar-refractivity contribution < 1.29 is 28.8 Å². The highest BCUT2D eigenvalue weighted by Gasteiger charge is 2.37. The first-order valence-electron chi connectivity index (χ1n) is 19.8. The summed E-state index contributed by atoms with van der Waals surface area (Å²) in [6.07, 6.45) is 9.24. The number of nitrogens with zero attached hydrogens (tertiary/aromatic N) is 2. The normalized spacial score (nSPS) is 18.2. The van der Waals surface area contributed by atoms with Crippen molar-refractivity contribution in [2.24, 2.45) is 29.6 Å². The van der Waals surface area contributed by atoms with Gasteiger partial charge in [-0.15, -0.1) is 6.58 Å². The van der Waals surface area contributed by atoms with E-state index in [0.29, 0.717) is 25.8 Å². The van der Waals surface area contributed by atoms with Crippen LogP contribution in [0.1, 0.15) is 124 Å². The van der Waals surface area contributed by atoms with Crippen molar-refractivity contribution in [1.82, 2.24) is 31.2 Å². The van der Waals surface area contributed by atoms with Crippen molar-refractivity contribution in [1.29, 1.82) is 0 Å². The Bertz CT molecular complexity index is 1290. The molecule has 53 heavy (non-hydrogen) atoms. The zero-order valence-electron chi connectivity index (χ0n) is 33.7. The highest BCUT2D eigenvalue weighted by molar-refractivity contribution is 6.38. The van der Waals surface area contributed by atoms with Gasteiger partial charge in [0.2, 0.25) is 23.5 Å². The summed E-state index contributed by atoms with van der Waals surface area (Å²) in [4.78, 5) is 84.0. The molecular formula is C41H68N6O6. The van der Waals surface area contributed by atoms with Crippen LogP contribution in [-0.2, 0) is 24.0 Å². The van der Waals surface area contributed by atoms with E-state index in [1.165, 1.54) is 12.3 Å². The Morgan fingerprint density at radius 2 is 1.58 bits per heavy atom. The van der Waals surface area contributed by atoms with E-state index in [0.717, 1.165) is 38.0 Å². The summed E-state index contributed by atoms with van der Waals surface area (Å²) in [7, 11) is 0. The molecule has 1 aliphatic carbocycles. The third-order valence-corrected chi connectivity index (χ3v) is 9.22. The van der Waals surface area contributed by atoms with Crippen molar-refractivity contribution in [3.8, 4) is 0 Å². The van der Waals surface area contributed by atoms with Gasteiger partial charge in [0, 0.05) is 38.8 Å². The van der Waals surface area contributed by atoms with E-state index < -0.39 is 35.6 Å². The number of aromatic nitrogens is 1. The molecule has 2 fully saturated rings. The number of nitrogens with one attached hydrogen (secondary N) is 4. The summed E-state index contributed by atoms with van der Waals surface area (Å²) in [5, 5.41) is 11.0. The third kappa shape index (κ3) is 17.1. The van der Waals surface area contributed by atoms with E-state index in [9.17, 15) is 28.8 Å². The number of carbonyl (C=O) groups excluding carboxylic acids is 6. The van der Waals surface area contributed by atoms with E-state index in [-0.39, 0.29) is 67.2 Å². The topological polar surface area (TPSA) is 167 Å². The van der Waals surface area contributed by atoms with E-state index in [4.69, 9.17) is 0 Å². The van der Waals surface area contributed by atoms with Gasteiger partial charge in [0.1, 0.15) is 11.7 Å². The second-order valence-electron chi connectivity index (χ2n) is 14.8. The van der Waals surface area contributed by atoms with E-state index in [1.807, 2.05) is 34.6 Å². The number of hydrogen-bond acceptors (Lipinski definition) is 7. The maximum absolute atomic E-state index is 13.4. The molecule has 5 amide bonds. The number of piperidine rings is 1. The SMILES string of the molecule is C=CCNC(=O)C(=O)C(CCC)NC(=O)C1CC(C(C)C)CN(C(=O)CCNC(=O)C(NC(=O)c2ccccn2)C2CCCCC2)C1.CC.CC(C)C. The standard InChI is InChI=1S/C35H52N6O6.C4H10.C2H6/c1-5-12-27(31(43)35(47)37-17-6-2)39-32(44)26-20-25(23(3)4)21-41(22-26)29(42)16-19-38-34(46)30(24-13-8-7-9-14-24)40-33(45)28-15-10-11-18-36-28;1-4(2)3;1-2/h6,10-11,15,18,23-27,30H,2,5,7-9,12-14,16-17,19-22H2,1,3-4H3,(H,37,47)(H,38,46)(H,39,44)(H,40,45);4H,1-3H3;1-2H3. The van der Waals surface area contributed by atoms with Gasteiger partial charge in [-0.2, -0.15) is 0 Å². The first-order valence-corrected chi connectivity index (χ1v) is 19.8. The molecule has 0 aromatic carbocycles. The molecule has 3 rings (SSSR count). The molecule has 1 aromatic heterocycles. The zero-order chi connectivity index (χ0) is 39.9. The number of amides is 5. The molecular weight excluding hydrogens is 672 g/mol. The van der Waals surface area contributed by atoms with Gasteiger partial charge in [0.15, 0.2) is 0 Å². The van der Waals surface area contributed by atoms with Crippen LogP contribution in [0.4, 0.5) is 0 Å². The smallest absolute Gasteiger partial charge is 0.289 e. The summed E-state index contributed by atoms with van der Waals surface area (Å²) >= 11 is 0. The molecule has 1 aliphatic heterocycles. The summed E-state index contributed by atoms with van der Waals surface area (Å²) in [5.41, 5.74) is 0.237. The second kappa shape index (κ2) is 25.8. The molecule has 2 aliphatic rings. The van der Waals surface area contributed by atoms with E-state index >= 15 is 0 Å². The van der Waals surface area contributed by atoms with Crippen LogP contribution >= 0.6 is 0 Å². The van der Waals surface area contributed by atoms with Gasteiger partial charge in [-0.3, -0.25) is 33.8 Å². The average Bonchev–Trinajstić information content (AvgIpc) is 3.16. The minimum atomic E-state index is -0.952. The van der Waals surface area contributed by atoms with Crippen LogP contribution in [0.3, 0.4) is 0 Å². The molecule has 1 saturated heterocycles. The van der Waals surface area contributed by atoms with Crippen molar-refractivity contribution in [2.45, 2.75) is 125 Å². The highest BCUT2D eigenvalue weighted by Crippen LogP contribution is 2.29. The molecule has 4 unspecified atom stereocenters. The zero-order valence-corrected chi connectivity index (χ0v) is 33.7. The first-order chi connectivity index (χ1) is 25.3. The maximum Gasteiger partial charge on any atom is 0.289 e. The lowest BCUT2D eigenvalue weighted by Gasteiger charge is -2.39. The fourth-order valence-corrected chi connectivity index (χ4v) is 6.41. The average molecular weight is 741 g/mol. The van der Waals surface area contributed by atoms with Crippen LogP contribution in [-0.4, -0.2) is 83.5 Å². The van der Waals surface area contributed by atoms with Crippen LogP contribution < -0.4 is 21.3 Å². The molecule has 12 nitrogen and oxygen atoms in total. The molecule has 2 heterocycles. The lowest BCUT2D eigenvalue weighted by atomic mass is 9.81. The van der Waals surface area contributed by atoms with Crippen LogP contribution in [0.2, 0.25) is 0 Å². The third-order valence-electron chi connectivity index (χ3n) is 9.22. The Balaban J connectivity index is 0.00000219. The molecule has 0 spiro atoms. The van der Waals surface area contributed by atoms with Crippen molar-refractivity contribution in [2.75, 3.05) is 26.2 Å². The molecule has 4 atom stereocenters. The Labute approximate surface area is 318 Å². The lowest BCUT2D eigenvalue weighted by Crippen LogP contribution is -2.54. The Hall–Kier alpha value is -4.09. The van der Waals surface area contributed by atoms with Gasteiger partial charge in [-0.25, -0.2) is 0 Å². The van der Waals surface area contributed by atoms with Gasteiger partial charge in [-0.1, -0.05) is 93.2 Å². The highest BCUT2D eigenvalue weighted by atomic mass is 16.2. The summed E-state index contributed by atoms with van der Waals surface area (Å²) in [6, 6.07) is 3.35. The summed E-state index contributed by atoms with van der Waals surface area (Å²) in [6.45, 7) is 20.9. The van der Waals surface area contributed by atoms with E-state index in [2.05, 4.69) is 53.6 Å². The minimum Gasteiger partial charge on any atom is -0.354 e. The Morgan fingerprint density at radius 1 is 0.925 bits per heavy atom. The van der Waals surface area contributed by atoms with Crippen molar-refractivity contribution in [3.63, 3.8) is 0 Å². The second-order valence-corrected chi connectivity index (χ2v) is 14.8. The predicted molar refractivity (Wildman–Crippen MR) is 210 cm³/mol. The Kier molecular flexibility index (Phi) is 22.9. The first kappa shape index (κ1) is 46.9. The molecule has 1 saturated carbocycles. The number of ketones is 1. The van der Waals surface area contributed by atoms with Gasteiger partial charge >= 0.3 is 0 Å². The lowest BCUT2D eigenvalue weighted by molar-refractivity contribution is -0.141. The Morgan fingerprint density at radius 3 is 2.15 bits per heavy atom. The largest absolute Gasteiger partial charge is 0.354 e. The number of rotatable bonds is 16. The molecule has 12 heteroatoms. The van der Waals surface area contributed by atoms with Crippen LogP contribution in [0, 0.1) is 29.6 Å². The number of Topliss-reactive ketones (excluding diaryl/α,β-unsaturated/α-hetero) is 1. The number of pyridine rings is 1. The van der Waals surface area contributed by atoms with Gasteiger partial charge < -0.3 is 26.2 Å². The summed E-state index contributed by atoms with van der Waals surface area (Å²) in [5.74, 6) is -2.21. The van der Waals surface area contributed by atoms with E-state index in [1.54, 1.807) is 23.1 Å². The van der Waals surface area contributed by atoms with Crippen molar-refractivity contribution in [3.05, 3.63) is 42.7 Å². The molecule has 0 radical (unpaired) electrons. The molecule has 0 bridgehead atoms. The number of hydrogen-bond donors (Lipinski definition) is 4. The fourth-order valence-electron chi connectivity index (χ4n) is 6.41. The number of likely N-dealkylation sites (tertiary alicyclic amines) is 1. The van der Waals surface area contributed by atoms with Gasteiger partial charge in [0.25, 0.3) is 11.8 Å². The van der Waals surface area contributed by atoms with Crippen molar-refractivity contribution >= 4 is 35.3 Å². The van der Waals surface area contributed by atoms with Gasteiger partial charge in [-0.05, 0) is 61.5 Å². The summed E-state index contributed by atoms with van der Waals surface area (Å²) < 4.78 is 0. The minimum absolute atomic E-state index is 0.00300. The van der Waals surface area contributed by atoms with Crippen LogP contribution in [0.5, 0.6) is 0 Å². The predicted octanol–water partition coefficient (Wildman–Crippen LogP) is 5.23. The molecule has 1 aromatic rings. The molecule has 298 valence electrons. The van der Waals surface area contributed by atoms with Gasteiger partial charge in [0.05, 0.1) is 12.0 Å². The van der Waals surface area contributed by atoms with Crippen LogP contribution in [0.15, 0.2) is 37.1 Å². The quantitative estimate of drug-likeness (QED) is 0.133. The maximum atomic E-state index is 13.4. The molecule has 4 N–H and O–H groups in total.